The molecule has 0 saturated carbocycles. The number of rotatable bonds is 3. The second-order valence-electron chi connectivity index (χ2n) is 6.48. The van der Waals surface area contributed by atoms with Gasteiger partial charge in [-0.2, -0.15) is 0 Å². The third kappa shape index (κ3) is 3.43. The first kappa shape index (κ1) is 17.0. The minimum Gasteiger partial charge on any atom is -0.370 e. The van der Waals surface area contributed by atoms with E-state index in [0.29, 0.717) is 16.5 Å². The second kappa shape index (κ2) is 7.02. The molecule has 25 heavy (non-hydrogen) atoms. The molecule has 2 heterocycles. The Balaban J connectivity index is 1.46. The van der Waals surface area contributed by atoms with Gasteiger partial charge in [0.1, 0.15) is 5.52 Å². The van der Waals surface area contributed by atoms with Crippen LogP contribution in [0.4, 0.5) is 5.69 Å². The Hall–Kier alpha value is -1.49. The van der Waals surface area contributed by atoms with E-state index in [9.17, 15) is 5.11 Å². The molecule has 1 fully saturated rings. The van der Waals surface area contributed by atoms with Gasteiger partial charge in [-0.05, 0) is 55.0 Å². The average molecular weight is 392 g/mol. The maximum Gasteiger partial charge on any atom is 0.205 e. The van der Waals surface area contributed by atoms with Gasteiger partial charge in [0.25, 0.3) is 0 Å². The second-order valence-corrected chi connectivity index (χ2v) is 8.18. The van der Waals surface area contributed by atoms with Crippen LogP contribution in [0, 0.1) is 5.92 Å². The van der Waals surface area contributed by atoms with Gasteiger partial charge < -0.3 is 4.90 Å². The number of thiazole rings is 1. The third-order valence-corrected chi connectivity index (χ3v) is 6.34. The van der Waals surface area contributed by atoms with Crippen molar-refractivity contribution in [3.05, 3.63) is 51.5 Å². The predicted octanol–water partition coefficient (Wildman–Crippen LogP) is 6.21. The summed E-state index contributed by atoms with van der Waals surface area (Å²) in [7, 11) is 0. The van der Waals surface area contributed by atoms with Gasteiger partial charge in [0.15, 0.2) is 0 Å². The highest BCUT2D eigenvalue weighted by atomic mass is 35.5. The summed E-state index contributed by atoms with van der Waals surface area (Å²) in [5.74, 6) is 0.623. The first-order valence-electron chi connectivity index (χ1n) is 8.34. The molecule has 4 rings (SSSR count). The van der Waals surface area contributed by atoms with Gasteiger partial charge in [0.05, 0.1) is 15.9 Å². The lowest BCUT2D eigenvalue weighted by molar-refractivity contribution is 0.359. The molecule has 0 atom stereocenters. The van der Waals surface area contributed by atoms with E-state index < -0.39 is 0 Å². The molecule has 0 aliphatic carbocycles. The quantitative estimate of drug-likeness (QED) is 0.532. The zero-order chi connectivity index (χ0) is 17.4. The molecule has 129 valence electrons. The van der Waals surface area contributed by atoms with Crippen molar-refractivity contribution in [2.75, 3.05) is 18.0 Å². The van der Waals surface area contributed by atoms with E-state index in [2.05, 4.69) is 9.88 Å². The molecular weight excluding hydrogens is 375 g/mol. The van der Waals surface area contributed by atoms with Crippen LogP contribution in [0.2, 0.25) is 10.0 Å². The average Bonchev–Trinajstić information content (AvgIpc) is 3.09. The lowest BCUT2D eigenvalue weighted by Crippen LogP contribution is -2.34. The SMILES string of the molecule is [O]c1ccc(N2CCC(Cc3ccc(Cl)cc3Cl)CC2)c2scnc12. The summed E-state index contributed by atoms with van der Waals surface area (Å²) in [5.41, 5.74) is 4.66. The van der Waals surface area contributed by atoms with Crippen LogP contribution in [-0.4, -0.2) is 18.1 Å². The number of benzene rings is 2. The standard InChI is InChI=1S/C19H17Cl2N2OS/c20-14-2-1-13(15(21)10-14)9-12-5-7-23(8-6-12)16-3-4-17(24)18-19(16)25-11-22-18/h1-4,10-12H,5-9H2. The van der Waals surface area contributed by atoms with E-state index in [1.807, 2.05) is 24.3 Å². The van der Waals surface area contributed by atoms with Crippen LogP contribution in [0.1, 0.15) is 18.4 Å². The molecule has 3 aromatic rings. The number of hydrogen-bond donors (Lipinski definition) is 0. The van der Waals surface area contributed by atoms with Gasteiger partial charge in [-0.25, -0.2) is 4.98 Å². The Morgan fingerprint density at radius 3 is 2.72 bits per heavy atom. The molecule has 1 aromatic heterocycles. The van der Waals surface area contributed by atoms with E-state index in [1.165, 1.54) is 5.56 Å². The highest BCUT2D eigenvalue weighted by molar-refractivity contribution is 7.17. The molecule has 1 radical (unpaired) electrons. The van der Waals surface area contributed by atoms with Gasteiger partial charge in [-0.15, -0.1) is 11.3 Å². The molecule has 1 aliphatic rings. The molecule has 2 aromatic carbocycles. The monoisotopic (exact) mass is 391 g/mol. The topological polar surface area (TPSA) is 36.0 Å². The van der Waals surface area contributed by atoms with Crippen molar-refractivity contribution < 1.29 is 5.11 Å². The largest absolute Gasteiger partial charge is 0.370 e. The lowest BCUT2D eigenvalue weighted by atomic mass is 9.90. The molecule has 3 nitrogen and oxygen atoms in total. The Kier molecular flexibility index (Phi) is 4.76. The number of nitrogens with zero attached hydrogens (tertiary/aromatic N) is 2. The smallest absolute Gasteiger partial charge is 0.205 e. The van der Waals surface area contributed by atoms with Crippen LogP contribution in [-0.2, 0) is 11.5 Å². The highest BCUT2D eigenvalue weighted by Crippen LogP contribution is 2.37. The summed E-state index contributed by atoms with van der Waals surface area (Å²) in [6.45, 7) is 1.97. The van der Waals surface area contributed by atoms with E-state index >= 15 is 0 Å². The maximum absolute atomic E-state index is 11.9. The van der Waals surface area contributed by atoms with Crippen molar-refractivity contribution in [3.8, 4) is 5.75 Å². The summed E-state index contributed by atoms with van der Waals surface area (Å²) in [5, 5.41) is 13.3. The molecule has 0 N–H and O–H groups in total. The predicted molar refractivity (Wildman–Crippen MR) is 105 cm³/mol. The normalized spacial score (nSPS) is 15.8. The van der Waals surface area contributed by atoms with Crippen LogP contribution >= 0.6 is 34.5 Å². The van der Waals surface area contributed by atoms with Crippen LogP contribution in [0.25, 0.3) is 10.2 Å². The molecule has 0 amide bonds. The molecule has 1 aliphatic heterocycles. The number of anilines is 1. The molecule has 6 heteroatoms. The Morgan fingerprint density at radius 1 is 1.16 bits per heavy atom. The fraction of sp³-hybridized carbons (Fsp3) is 0.316. The van der Waals surface area contributed by atoms with E-state index in [1.54, 1.807) is 22.9 Å². The van der Waals surface area contributed by atoms with E-state index in [-0.39, 0.29) is 5.75 Å². The number of aromatic nitrogens is 1. The third-order valence-electron chi connectivity index (χ3n) is 4.90. The Labute approximate surface area is 160 Å². The fourth-order valence-corrected chi connectivity index (χ4v) is 4.87. The zero-order valence-corrected chi connectivity index (χ0v) is 15.9. The first-order valence-corrected chi connectivity index (χ1v) is 9.97. The van der Waals surface area contributed by atoms with Gasteiger partial charge in [-0.1, -0.05) is 29.3 Å². The maximum atomic E-state index is 11.9. The van der Waals surface area contributed by atoms with Crippen molar-refractivity contribution in [2.24, 2.45) is 5.92 Å². The Morgan fingerprint density at radius 2 is 1.96 bits per heavy atom. The van der Waals surface area contributed by atoms with Crippen molar-refractivity contribution in [3.63, 3.8) is 0 Å². The number of halogens is 2. The molecule has 0 bridgehead atoms. The summed E-state index contributed by atoms with van der Waals surface area (Å²) in [6.07, 6.45) is 3.20. The molecular formula is C19H17Cl2N2OS. The van der Waals surface area contributed by atoms with Gasteiger partial charge in [-0.3, -0.25) is 5.11 Å². The van der Waals surface area contributed by atoms with Crippen molar-refractivity contribution in [1.29, 1.82) is 0 Å². The fourth-order valence-electron chi connectivity index (χ4n) is 3.54. The molecule has 1 saturated heterocycles. The van der Waals surface area contributed by atoms with Crippen LogP contribution in [0.5, 0.6) is 5.75 Å². The summed E-state index contributed by atoms with van der Waals surface area (Å²) >= 11 is 13.8. The lowest BCUT2D eigenvalue weighted by Gasteiger charge is -2.34. The Bertz CT molecular complexity index is 904. The summed E-state index contributed by atoms with van der Waals surface area (Å²) in [6, 6.07) is 9.34. The van der Waals surface area contributed by atoms with Crippen molar-refractivity contribution in [1.82, 2.24) is 4.98 Å². The van der Waals surface area contributed by atoms with Crippen molar-refractivity contribution >= 4 is 50.4 Å². The molecule has 0 spiro atoms. The van der Waals surface area contributed by atoms with Crippen LogP contribution < -0.4 is 4.90 Å². The van der Waals surface area contributed by atoms with Gasteiger partial charge in [0.2, 0.25) is 5.75 Å². The van der Waals surface area contributed by atoms with E-state index in [0.717, 1.165) is 47.8 Å². The number of piperidine rings is 1. The zero-order valence-electron chi connectivity index (χ0n) is 13.5. The van der Waals surface area contributed by atoms with Crippen LogP contribution in [0.3, 0.4) is 0 Å². The van der Waals surface area contributed by atoms with Gasteiger partial charge in [0, 0.05) is 23.1 Å². The number of hydrogen-bond acceptors (Lipinski definition) is 3. The van der Waals surface area contributed by atoms with Gasteiger partial charge >= 0.3 is 0 Å². The highest BCUT2D eigenvalue weighted by Gasteiger charge is 2.23. The summed E-state index contributed by atoms with van der Waals surface area (Å²) in [4.78, 5) is 6.59. The number of fused-ring (bicyclic) bond motifs is 1. The minimum atomic E-state index is 0.00673. The molecule has 0 unspecified atom stereocenters. The van der Waals surface area contributed by atoms with Crippen molar-refractivity contribution in [2.45, 2.75) is 19.3 Å². The summed E-state index contributed by atoms with van der Waals surface area (Å²) < 4.78 is 1.01. The first-order chi connectivity index (χ1) is 12.1. The van der Waals surface area contributed by atoms with E-state index in [4.69, 9.17) is 23.2 Å². The minimum absolute atomic E-state index is 0.00673. The van der Waals surface area contributed by atoms with Crippen LogP contribution in [0.15, 0.2) is 35.8 Å².